The van der Waals surface area contributed by atoms with Crippen molar-refractivity contribution < 1.29 is 27.8 Å². The molecule has 11 heteroatoms. The lowest BCUT2D eigenvalue weighted by molar-refractivity contribution is -0.0502. The van der Waals surface area contributed by atoms with Crippen molar-refractivity contribution in [1.29, 1.82) is 0 Å². The van der Waals surface area contributed by atoms with E-state index in [0.29, 0.717) is 33.8 Å². The van der Waals surface area contributed by atoms with Crippen molar-refractivity contribution in [1.82, 2.24) is 14.7 Å². The van der Waals surface area contributed by atoms with Crippen LogP contribution in [0, 0.1) is 0 Å². The molecule has 9 nitrogen and oxygen atoms in total. The van der Waals surface area contributed by atoms with E-state index in [2.05, 4.69) is 15.3 Å². The zero-order valence-electron chi connectivity index (χ0n) is 22.5. The summed E-state index contributed by atoms with van der Waals surface area (Å²) in [6, 6.07) is 14.5. The van der Waals surface area contributed by atoms with E-state index in [4.69, 9.17) is 19.9 Å². The second-order valence-corrected chi connectivity index (χ2v) is 9.38. The molecule has 0 radical (unpaired) electrons. The average molecular weight is 562 g/mol. The maximum Gasteiger partial charge on any atom is 0.387 e. The number of hydrogen-bond acceptors (Lipinski definition) is 7. The third kappa shape index (κ3) is 6.13. The van der Waals surface area contributed by atoms with Crippen LogP contribution in [0.2, 0.25) is 0 Å². The molecule has 212 valence electrons. The number of allylic oxidation sites excluding steroid dienone is 1. The first-order chi connectivity index (χ1) is 19.9. The molecule has 1 fully saturated rings. The molecule has 0 bridgehead atoms. The number of pyridine rings is 1. The monoisotopic (exact) mass is 561 g/mol. The van der Waals surface area contributed by atoms with Crippen LogP contribution in [-0.4, -0.2) is 48.3 Å². The van der Waals surface area contributed by atoms with Crippen molar-refractivity contribution in [2.45, 2.75) is 32.1 Å². The molecular weight excluding hydrogens is 532 g/mol. The molecule has 1 aliphatic rings. The maximum absolute atomic E-state index is 13.4. The summed E-state index contributed by atoms with van der Waals surface area (Å²) < 4.78 is 45.1. The number of benzene rings is 2. The van der Waals surface area contributed by atoms with Gasteiger partial charge >= 0.3 is 6.61 Å². The molecular formula is C30H29F2N5O4. The highest BCUT2D eigenvalue weighted by Gasteiger charge is 2.29. The van der Waals surface area contributed by atoms with Crippen molar-refractivity contribution in [3.8, 4) is 28.5 Å². The van der Waals surface area contributed by atoms with Gasteiger partial charge in [-0.3, -0.25) is 14.2 Å². The fourth-order valence-corrected chi connectivity index (χ4v) is 4.43. The molecule has 4 aromatic rings. The maximum atomic E-state index is 13.4. The van der Waals surface area contributed by atoms with Crippen LogP contribution in [0.4, 0.5) is 8.78 Å². The number of nitrogens with two attached hydrogens (primary N) is 1. The molecule has 0 saturated heterocycles. The van der Waals surface area contributed by atoms with Gasteiger partial charge in [0.1, 0.15) is 35.1 Å². The molecule has 2 aromatic heterocycles. The zero-order chi connectivity index (χ0) is 28.9. The van der Waals surface area contributed by atoms with Gasteiger partial charge in [-0.25, -0.2) is 4.98 Å². The largest absolute Gasteiger partial charge is 0.496 e. The SMILES string of the molecule is CN=CC(=CN)c1cc2ncc(-c3cc(OC)c(C(=O)NC4CC4)c(OC(F)F)c3)n2cc1OCc1ccccc1. The molecule has 5 rings (SSSR count). The van der Waals surface area contributed by atoms with Gasteiger partial charge in [-0.15, -0.1) is 0 Å². The lowest BCUT2D eigenvalue weighted by Gasteiger charge is -2.17. The molecule has 41 heavy (non-hydrogen) atoms. The third-order valence-corrected chi connectivity index (χ3v) is 6.54. The number of hydrogen-bond donors (Lipinski definition) is 2. The molecule has 1 saturated carbocycles. The summed E-state index contributed by atoms with van der Waals surface area (Å²) in [4.78, 5) is 21.6. The van der Waals surface area contributed by atoms with Gasteiger partial charge in [0.05, 0.1) is 25.2 Å². The number of ether oxygens (including phenoxy) is 3. The number of rotatable bonds is 11. The standard InChI is InChI=1S/C30H29F2N5O4/c1-34-14-20(13-33)22-12-27-35-15-23(37(27)16-26(22)40-17-18-6-4-3-5-7-18)19-10-24(39-2)28(25(11-19)41-30(31)32)29(38)36-21-8-9-21/h3-7,10-16,21,30H,8-9,17,33H2,1-2H3,(H,36,38). The Morgan fingerprint density at radius 3 is 2.61 bits per heavy atom. The van der Waals surface area contributed by atoms with Gasteiger partial charge in [-0.05, 0) is 36.6 Å². The van der Waals surface area contributed by atoms with E-state index in [1.807, 2.05) is 30.3 Å². The number of aliphatic imine (C=N–C) groups is 1. The number of imidazole rings is 1. The summed E-state index contributed by atoms with van der Waals surface area (Å²) in [7, 11) is 3.01. The second kappa shape index (κ2) is 12.1. The van der Waals surface area contributed by atoms with Crippen molar-refractivity contribution >= 4 is 23.3 Å². The number of amides is 1. The highest BCUT2D eigenvalue weighted by molar-refractivity contribution is 6.11. The fourth-order valence-electron chi connectivity index (χ4n) is 4.43. The molecule has 3 N–H and O–H groups in total. The number of halogens is 2. The van der Waals surface area contributed by atoms with Gasteiger partial charge < -0.3 is 25.3 Å². The molecule has 2 aromatic carbocycles. The second-order valence-electron chi connectivity index (χ2n) is 9.38. The van der Waals surface area contributed by atoms with E-state index < -0.39 is 12.5 Å². The van der Waals surface area contributed by atoms with Crippen molar-refractivity contribution in [2.75, 3.05) is 14.2 Å². The predicted octanol–water partition coefficient (Wildman–Crippen LogP) is 5.08. The first-order valence-electron chi connectivity index (χ1n) is 12.9. The van der Waals surface area contributed by atoms with Crippen LogP contribution in [0.25, 0.3) is 22.5 Å². The van der Waals surface area contributed by atoms with Crippen LogP contribution in [0.5, 0.6) is 17.2 Å². The van der Waals surface area contributed by atoms with Crippen molar-refractivity contribution in [2.24, 2.45) is 10.7 Å². The van der Waals surface area contributed by atoms with E-state index in [9.17, 15) is 13.6 Å². The summed E-state index contributed by atoms with van der Waals surface area (Å²) in [6.45, 7) is -2.86. The average Bonchev–Trinajstić information content (AvgIpc) is 3.69. The topological polar surface area (TPSA) is 112 Å². The van der Waals surface area contributed by atoms with Gasteiger partial charge in [-0.2, -0.15) is 8.78 Å². The summed E-state index contributed by atoms with van der Waals surface area (Å²) in [6.07, 6.45) is 8.06. The van der Waals surface area contributed by atoms with Crippen LogP contribution in [0.15, 0.2) is 72.1 Å². The fraction of sp³-hybridized carbons (Fsp3) is 0.233. The van der Waals surface area contributed by atoms with Gasteiger partial charge in [0, 0.05) is 42.2 Å². The van der Waals surface area contributed by atoms with Crippen LogP contribution in [0.3, 0.4) is 0 Å². The Balaban J connectivity index is 1.62. The number of nitrogens with one attached hydrogen (secondary N) is 1. The summed E-state index contributed by atoms with van der Waals surface area (Å²) >= 11 is 0. The number of nitrogens with zero attached hydrogens (tertiary/aromatic N) is 3. The molecule has 0 atom stereocenters. The van der Waals surface area contributed by atoms with Gasteiger partial charge in [0.25, 0.3) is 5.91 Å². The number of fused-ring (bicyclic) bond motifs is 1. The van der Waals surface area contributed by atoms with E-state index in [-0.39, 0.29) is 29.7 Å². The minimum Gasteiger partial charge on any atom is -0.496 e. The normalized spacial score (nSPS) is 13.6. The third-order valence-electron chi connectivity index (χ3n) is 6.54. The van der Waals surface area contributed by atoms with Crippen molar-refractivity contribution in [3.63, 3.8) is 0 Å². The number of methoxy groups -OCH3 is 1. The van der Waals surface area contributed by atoms with E-state index in [0.717, 1.165) is 18.4 Å². The summed E-state index contributed by atoms with van der Waals surface area (Å²) in [5.41, 5.74) is 9.59. The molecule has 1 aliphatic carbocycles. The first-order valence-corrected chi connectivity index (χ1v) is 12.9. The predicted molar refractivity (Wildman–Crippen MR) is 152 cm³/mol. The van der Waals surface area contributed by atoms with Crippen LogP contribution < -0.4 is 25.3 Å². The Bertz CT molecular complexity index is 1610. The Morgan fingerprint density at radius 2 is 1.95 bits per heavy atom. The minimum absolute atomic E-state index is 0.0128. The highest BCUT2D eigenvalue weighted by Crippen LogP contribution is 2.38. The zero-order valence-corrected chi connectivity index (χ0v) is 22.5. The van der Waals surface area contributed by atoms with E-state index in [1.165, 1.54) is 19.4 Å². The Hall–Kier alpha value is -4.93. The van der Waals surface area contributed by atoms with Crippen LogP contribution in [-0.2, 0) is 6.61 Å². The quantitative estimate of drug-likeness (QED) is 0.247. The molecule has 2 heterocycles. The number of alkyl halides is 2. The van der Waals surface area contributed by atoms with E-state index >= 15 is 0 Å². The molecule has 1 amide bonds. The van der Waals surface area contributed by atoms with E-state index in [1.54, 1.807) is 42.2 Å². The van der Waals surface area contributed by atoms with Gasteiger partial charge in [0.15, 0.2) is 0 Å². The van der Waals surface area contributed by atoms with Gasteiger partial charge in [-0.1, -0.05) is 30.3 Å². The lowest BCUT2D eigenvalue weighted by atomic mass is 10.1. The smallest absolute Gasteiger partial charge is 0.387 e. The molecule has 0 spiro atoms. The lowest BCUT2D eigenvalue weighted by Crippen LogP contribution is -2.26. The van der Waals surface area contributed by atoms with Crippen LogP contribution in [0.1, 0.15) is 34.3 Å². The number of aromatic nitrogens is 2. The van der Waals surface area contributed by atoms with Crippen molar-refractivity contribution in [3.05, 3.63) is 83.8 Å². The Labute approximate surface area is 235 Å². The minimum atomic E-state index is -3.15. The Morgan fingerprint density at radius 1 is 1.20 bits per heavy atom. The molecule has 0 aliphatic heterocycles. The number of carbonyl (C=O) groups is 1. The highest BCUT2D eigenvalue weighted by atomic mass is 19.3. The van der Waals surface area contributed by atoms with Crippen LogP contribution >= 0.6 is 0 Å². The Kier molecular flexibility index (Phi) is 8.14. The van der Waals surface area contributed by atoms with Gasteiger partial charge in [0.2, 0.25) is 0 Å². The summed E-state index contributed by atoms with van der Waals surface area (Å²) in [5.74, 6) is -0.249. The molecule has 0 unspecified atom stereocenters. The summed E-state index contributed by atoms with van der Waals surface area (Å²) in [5, 5.41) is 2.81. The first kappa shape index (κ1) is 27.6. The number of carbonyl (C=O) groups excluding carboxylic acids is 1.